The molecule has 5 heteroatoms. The summed E-state index contributed by atoms with van der Waals surface area (Å²) in [4.78, 5) is 23.6. The molecule has 0 N–H and O–H groups in total. The first-order chi connectivity index (χ1) is 9.25. The molecule has 0 unspecified atom stereocenters. The van der Waals surface area contributed by atoms with Gasteiger partial charge in [-0.2, -0.15) is 0 Å². The maximum atomic E-state index is 11.8. The van der Waals surface area contributed by atoms with Gasteiger partial charge in [-0.3, -0.25) is 0 Å². The molecule has 0 radical (unpaired) electrons. The minimum atomic E-state index is -0.623. The van der Waals surface area contributed by atoms with Crippen LogP contribution in [0.15, 0.2) is 24.3 Å². The average molecular weight is 256 g/mol. The van der Waals surface area contributed by atoms with Crippen LogP contribution in [-0.4, -0.2) is 18.7 Å². The van der Waals surface area contributed by atoms with E-state index < -0.39 is 11.9 Å². The molecular weight excluding hydrogens is 248 g/mol. The zero-order valence-corrected chi connectivity index (χ0v) is 9.76. The Bertz CT molecular complexity index is 747. The quantitative estimate of drug-likeness (QED) is 0.533. The summed E-state index contributed by atoms with van der Waals surface area (Å²) in [5.41, 5.74) is 1.57. The van der Waals surface area contributed by atoms with Crippen molar-refractivity contribution in [1.29, 1.82) is 0 Å². The van der Waals surface area contributed by atoms with E-state index in [4.69, 9.17) is 14.2 Å². The lowest BCUT2D eigenvalue weighted by atomic mass is 9.94. The van der Waals surface area contributed by atoms with Crippen LogP contribution in [0.2, 0.25) is 0 Å². The highest BCUT2D eigenvalue weighted by Crippen LogP contribution is 2.39. The molecule has 2 heterocycles. The highest BCUT2D eigenvalue weighted by atomic mass is 16.7. The first kappa shape index (κ1) is 10.5. The zero-order valence-electron chi connectivity index (χ0n) is 9.76. The van der Waals surface area contributed by atoms with E-state index in [2.05, 4.69) is 0 Å². The van der Waals surface area contributed by atoms with Gasteiger partial charge >= 0.3 is 11.9 Å². The van der Waals surface area contributed by atoms with Crippen LogP contribution in [0.1, 0.15) is 26.3 Å². The van der Waals surface area contributed by atoms with Gasteiger partial charge in [-0.25, -0.2) is 9.59 Å². The number of ether oxygens (including phenoxy) is 3. The fourth-order valence-electron chi connectivity index (χ4n) is 2.57. The van der Waals surface area contributed by atoms with Crippen LogP contribution in [0.5, 0.6) is 5.75 Å². The Kier molecular flexibility index (Phi) is 1.97. The predicted octanol–water partition coefficient (Wildman–Crippen LogP) is 2.02. The molecule has 2 aliphatic rings. The van der Waals surface area contributed by atoms with Crippen LogP contribution < -0.4 is 4.74 Å². The van der Waals surface area contributed by atoms with Gasteiger partial charge in [0.1, 0.15) is 5.75 Å². The number of fused-ring (bicyclic) bond motifs is 2. The maximum absolute atomic E-state index is 11.8. The summed E-state index contributed by atoms with van der Waals surface area (Å²) >= 11 is 0. The monoisotopic (exact) mass is 256 g/mol. The summed E-state index contributed by atoms with van der Waals surface area (Å²) in [6.07, 6.45) is 0. The molecule has 2 aliphatic heterocycles. The number of benzene rings is 2. The van der Waals surface area contributed by atoms with Gasteiger partial charge in [-0.15, -0.1) is 0 Å². The van der Waals surface area contributed by atoms with Crippen molar-refractivity contribution in [2.24, 2.45) is 0 Å². The van der Waals surface area contributed by atoms with Crippen molar-refractivity contribution in [2.45, 2.75) is 6.61 Å². The van der Waals surface area contributed by atoms with Gasteiger partial charge < -0.3 is 14.2 Å². The smallest absolute Gasteiger partial charge is 0.346 e. The van der Waals surface area contributed by atoms with Crippen LogP contribution in [0.3, 0.4) is 0 Å². The molecule has 0 bridgehead atoms. The number of carbonyl (C=O) groups is 2. The van der Waals surface area contributed by atoms with E-state index in [1.54, 1.807) is 18.2 Å². The molecule has 0 spiro atoms. The third kappa shape index (κ3) is 1.33. The second-order valence-corrected chi connectivity index (χ2v) is 4.43. The second-order valence-electron chi connectivity index (χ2n) is 4.43. The van der Waals surface area contributed by atoms with Crippen molar-refractivity contribution in [1.82, 2.24) is 0 Å². The molecule has 0 aromatic heterocycles. The summed E-state index contributed by atoms with van der Waals surface area (Å²) in [5, 5.41) is 1.35. The molecule has 0 saturated heterocycles. The van der Waals surface area contributed by atoms with Crippen molar-refractivity contribution in [3.63, 3.8) is 0 Å². The van der Waals surface area contributed by atoms with Gasteiger partial charge in [0.05, 0.1) is 17.7 Å². The lowest BCUT2D eigenvalue weighted by molar-refractivity contribution is -0.0152. The predicted molar refractivity (Wildman–Crippen MR) is 64.0 cm³/mol. The molecular formula is C14H8O5. The van der Waals surface area contributed by atoms with E-state index in [9.17, 15) is 9.59 Å². The van der Waals surface area contributed by atoms with Gasteiger partial charge in [0.15, 0.2) is 6.79 Å². The first-order valence-electron chi connectivity index (χ1n) is 5.81. The van der Waals surface area contributed by atoms with Crippen molar-refractivity contribution >= 4 is 22.7 Å². The largest absolute Gasteiger partial charge is 0.467 e. The number of carbonyl (C=O) groups excluding carboxylic acids is 2. The highest BCUT2D eigenvalue weighted by molar-refractivity contribution is 6.21. The SMILES string of the molecule is O=C1OC(=O)c2cc3c(c4cccc1c24)OCOC3. The molecule has 0 atom stereocenters. The van der Waals surface area contributed by atoms with Crippen LogP contribution in [-0.2, 0) is 16.1 Å². The standard InChI is InChI=1S/C14H8O5/c15-13-9-3-1-2-8-11(9)10(14(16)19-13)4-7-5-17-6-18-12(7)8/h1-4H,5-6H2. The Hall–Kier alpha value is -2.40. The molecule has 0 aliphatic carbocycles. The molecule has 0 amide bonds. The second kappa shape index (κ2) is 3.55. The Morgan fingerprint density at radius 1 is 1.05 bits per heavy atom. The Morgan fingerprint density at radius 3 is 2.79 bits per heavy atom. The summed E-state index contributed by atoms with van der Waals surface area (Å²) in [7, 11) is 0. The molecule has 0 fully saturated rings. The fraction of sp³-hybridized carbons (Fsp3) is 0.143. The third-order valence-corrected chi connectivity index (χ3v) is 3.36. The molecule has 5 nitrogen and oxygen atoms in total. The van der Waals surface area contributed by atoms with Crippen LogP contribution in [0.25, 0.3) is 10.8 Å². The molecule has 2 aromatic carbocycles. The topological polar surface area (TPSA) is 61.8 Å². The first-order valence-corrected chi connectivity index (χ1v) is 5.81. The minimum absolute atomic E-state index is 0.171. The average Bonchev–Trinajstić information content (AvgIpc) is 2.44. The molecule has 19 heavy (non-hydrogen) atoms. The number of rotatable bonds is 0. The van der Waals surface area contributed by atoms with Crippen molar-refractivity contribution in [3.8, 4) is 5.75 Å². The zero-order chi connectivity index (χ0) is 13.0. The van der Waals surface area contributed by atoms with E-state index in [1.807, 2.05) is 6.07 Å². The fourth-order valence-corrected chi connectivity index (χ4v) is 2.57. The van der Waals surface area contributed by atoms with E-state index in [0.29, 0.717) is 28.9 Å². The maximum Gasteiger partial charge on any atom is 0.346 e. The molecule has 0 saturated carbocycles. The van der Waals surface area contributed by atoms with Crippen LogP contribution in [0, 0.1) is 0 Å². The number of esters is 2. The molecule has 4 rings (SSSR count). The Balaban J connectivity index is 2.19. The van der Waals surface area contributed by atoms with E-state index >= 15 is 0 Å². The van der Waals surface area contributed by atoms with Gasteiger partial charge in [-0.1, -0.05) is 12.1 Å². The van der Waals surface area contributed by atoms with Crippen LogP contribution in [0.4, 0.5) is 0 Å². The lowest BCUT2D eigenvalue weighted by Gasteiger charge is -2.23. The van der Waals surface area contributed by atoms with Gasteiger partial charge in [0.25, 0.3) is 0 Å². The summed E-state index contributed by atoms with van der Waals surface area (Å²) in [6, 6.07) is 6.90. The van der Waals surface area contributed by atoms with Crippen LogP contribution >= 0.6 is 0 Å². The lowest BCUT2D eigenvalue weighted by Crippen LogP contribution is -2.21. The minimum Gasteiger partial charge on any atom is -0.467 e. The van der Waals surface area contributed by atoms with E-state index in [1.165, 1.54) is 0 Å². The normalized spacial score (nSPS) is 16.8. The summed E-state index contributed by atoms with van der Waals surface area (Å²) < 4.78 is 15.4. The molecule has 2 aromatic rings. The Morgan fingerprint density at radius 2 is 1.89 bits per heavy atom. The van der Waals surface area contributed by atoms with Crippen molar-refractivity contribution in [2.75, 3.05) is 6.79 Å². The Labute approximate surface area is 107 Å². The number of cyclic esters (lactones) is 2. The summed E-state index contributed by atoms with van der Waals surface area (Å²) in [5.74, 6) is -0.563. The summed E-state index contributed by atoms with van der Waals surface area (Å²) in [6.45, 7) is 0.549. The van der Waals surface area contributed by atoms with Gasteiger partial charge in [-0.05, 0) is 12.1 Å². The van der Waals surface area contributed by atoms with Gasteiger partial charge in [0, 0.05) is 16.3 Å². The number of hydrogen-bond donors (Lipinski definition) is 0. The van der Waals surface area contributed by atoms with Gasteiger partial charge in [0.2, 0.25) is 0 Å². The van der Waals surface area contributed by atoms with Crippen molar-refractivity contribution < 1.29 is 23.8 Å². The van der Waals surface area contributed by atoms with E-state index in [0.717, 1.165) is 10.9 Å². The molecule has 94 valence electrons. The third-order valence-electron chi connectivity index (χ3n) is 3.36. The number of hydrogen-bond acceptors (Lipinski definition) is 5. The highest BCUT2D eigenvalue weighted by Gasteiger charge is 2.30. The van der Waals surface area contributed by atoms with Crippen molar-refractivity contribution in [3.05, 3.63) is 41.0 Å². The van der Waals surface area contributed by atoms with E-state index in [-0.39, 0.29) is 6.79 Å².